The van der Waals surface area contributed by atoms with Gasteiger partial charge < -0.3 is 4.74 Å². The largest absolute Gasteiger partial charge is 0.457 e. The number of rotatable bonds is 7. The first-order chi connectivity index (χ1) is 31.1. The maximum atomic E-state index is 6.78. The van der Waals surface area contributed by atoms with Crippen LogP contribution in [0.25, 0.3) is 72.3 Å². The first-order valence-electron chi connectivity index (χ1n) is 22.8. The number of hydrogen-bond donors (Lipinski definition) is 0. The van der Waals surface area contributed by atoms with Gasteiger partial charge in [0.05, 0.1) is 11.0 Å². The van der Waals surface area contributed by atoms with Gasteiger partial charge in [0.1, 0.15) is 28.7 Å². The highest BCUT2D eigenvalue weighted by Gasteiger charge is 2.26. The predicted molar refractivity (Wildman–Crippen MR) is 270 cm³/mol. The molecule has 0 bridgehead atoms. The second-order valence-corrected chi connectivity index (χ2v) is 20.5. The summed E-state index contributed by atoms with van der Waals surface area (Å²) in [7, 11) is 0. The molecule has 5 nitrogen and oxygen atoms in total. The van der Waals surface area contributed by atoms with Crippen LogP contribution in [0.3, 0.4) is 0 Å². The molecule has 0 spiro atoms. The quantitative estimate of drug-likeness (QED) is 0.150. The normalized spacial score (nSPS) is 12.4. The maximum absolute atomic E-state index is 6.78. The lowest BCUT2D eigenvalue weighted by Gasteiger charge is -2.20. The first kappa shape index (κ1) is 41.8. The van der Waals surface area contributed by atoms with Gasteiger partial charge >= 0.3 is 0 Å². The molecule has 10 aromatic rings. The molecule has 0 aliphatic heterocycles. The maximum Gasteiger partial charge on any atom is 0.255 e. The van der Waals surface area contributed by atoms with Crippen molar-refractivity contribution in [2.75, 3.05) is 0 Å². The molecule has 322 valence electrons. The van der Waals surface area contributed by atoms with E-state index in [0.717, 1.165) is 56.1 Å². The fourth-order valence-corrected chi connectivity index (χ4v) is 9.16. The Morgan fingerprint density at radius 1 is 0.462 bits per heavy atom. The van der Waals surface area contributed by atoms with Crippen molar-refractivity contribution < 1.29 is 9.30 Å². The van der Waals surface area contributed by atoms with Crippen LogP contribution < -0.4 is 9.30 Å². The van der Waals surface area contributed by atoms with Crippen LogP contribution in [0.5, 0.6) is 11.5 Å². The predicted octanol–water partition coefficient (Wildman–Crippen LogP) is 15.4. The van der Waals surface area contributed by atoms with Crippen molar-refractivity contribution in [3.8, 4) is 50.9 Å². The average molecular weight is 850 g/mol. The summed E-state index contributed by atoms with van der Waals surface area (Å²) < 4.78 is 13.7. The SMILES string of the molecule is CC(C)(C)c1ccc(-c2cccc(-c3ccc(C(C)(C)C)cc3)c2-[n+]2cn(-c3cccc(Oc4ccc5c6ccccc6n(-c6cc(C(C)(C)C)ccn6)c5c4)c3)c3ccccc32)cc1. The third kappa shape index (κ3) is 7.80. The number of ether oxygens (including phenoxy) is 1. The number of aromatic nitrogens is 4. The lowest BCUT2D eigenvalue weighted by Crippen LogP contribution is -2.31. The highest BCUT2D eigenvalue weighted by atomic mass is 16.5. The standard InChI is InChI=1S/C60H57N4O/c1-58(2,3)42-28-24-40(25-29-42)48-19-15-20-49(41-26-30-43(31-27-41)59(4,5)6)57(48)63-39-62(53-22-12-13-23-54(53)63)45-16-14-17-46(37-45)65-47-32-33-51-50-18-10-11-21-52(50)64(55(51)38-47)56-36-44(34-35-61-56)60(7,8)9/h10-39H,1-9H3/q+1. The van der Waals surface area contributed by atoms with E-state index >= 15 is 0 Å². The van der Waals surface area contributed by atoms with Gasteiger partial charge in [-0.15, -0.1) is 0 Å². The summed E-state index contributed by atoms with van der Waals surface area (Å²) in [6.45, 7) is 20.3. The number of imidazole rings is 1. The van der Waals surface area contributed by atoms with E-state index in [2.05, 4.69) is 246 Å². The topological polar surface area (TPSA) is 35.9 Å². The Bertz CT molecular complexity index is 3310. The fraction of sp³-hybridized carbons (Fsp3) is 0.200. The molecule has 3 heterocycles. The van der Waals surface area contributed by atoms with Crippen molar-refractivity contribution in [3.05, 3.63) is 199 Å². The summed E-state index contributed by atoms with van der Waals surface area (Å²) in [4.78, 5) is 4.89. The Labute approximate surface area is 383 Å². The molecule has 5 heteroatoms. The van der Waals surface area contributed by atoms with Crippen molar-refractivity contribution in [1.82, 2.24) is 14.1 Å². The molecule has 0 radical (unpaired) electrons. The summed E-state index contributed by atoms with van der Waals surface area (Å²) >= 11 is 0. The third-order valence-electron chi connectivity index (χ3n) is 12.8. The molecule has 0 N–H and O–H groups in total. The van der Waals surface area contributed by atoms with Crippen LogP contribution in [-0.2, 0) is 16.2 Å². The zero-order chi connectivity index (χ0) is 45.3. The third-order valence-corrected chi connectivity index (χ3v) is 12.8. The number of fused-ring (bicyclic) bond motifs is 4. The molecule has 0 fully saturated rings. The van der Waals surface area contributed by atoms with Gasteiger partial charge in [-0.25, -0.2) is 4.98 Å². The van der Waals surface area contributed by atoms with Gasteiger partial charge in [0, 0.05) is 40.2 Å². The van der Waals surface area contributed by atoms with Crippen molar-refractivity contribution >= 4 is 32.8 Å². The highest BCUT2D eigenvalue weighted by molar-refractivity contribution is 6.09. The van der Waals surface area contributed by atoms with Crippen molar-refractivity contribution in [2.45, 2.75) is 78.6 Å². The second kappa shape index (κ2) is 15.8. The van der Waals surface area contributed by atoms with Gasteiger partial charge in [-0.05, 0) is 98.7 Å². The second-order valence-electron chi connectivity index (χ2n) is 20.5. The zero-order valence-corrected chi connectivity index (χ0v) is 39.0. The van der Waals surface area contributed by atoms with Crippen LogP contribution >= 0.6 is 0 Å². The Balaban J connectivity index is 1.09. The van der Waals surface area contributed by atoms with Gasteiger partial charge in [-0.1, -0.05) is 165 Å². The van der Waals surface area contributed by atoms with E-state index in [9.17, 15) is 0 Å². The van der Waals surface area contributed by atoms with Crippen LogP contribution in [-0.4, -0.2) is 14.1 Å². The van der Waals surface area contributed by atoms with E-state index in [-0.39, 0.29) is 16.2 Å². The summed E-state index contributed by atoms with van der Waals surface area (Å²) in [6.07, 6.45) is 4.16. The molecule has 3 aromatic heterocycles. The summed E-state index contributed by atoms with van der Waals surface area (Å²) in [5.74, 6) is 2.40. The number of para-hydroxylation sites is 4. The van der Waals surface area contributed by atoms with Gasteiger partial charge in [0.2, 0.25) is 0 Å². The van der Waals surface area contributed by atoms with E-state index < -0.39 is 0 Å². The summed E-state index contributed by atoms with van der Waals surface area (Å²) in [5, 5.41) is 2.34. The minimum atomic E-state index is -0.0114. The molecular weight excluding hydrogens is 793 g/mol. The van der Waals surface area contributed by atoms with Gasteiger partial charge in [-0.3, -0.25) is 4.57 Å². The van der Waals surface area contributed by atoms with Crippen molar-refractivity contribution in [1.29, 1.82) is 0 Å². The lowest BCUT2D eigenvalue weighted by atomic mass is 9.85. The molecule has 0 saturated heterocycles. The number of nitrogens with zero attached hydrogens (tertiary/aromatic N) is 4. The minimum Gasteiger partial charge on any atom is -0.457 e. The van der Waals surface area contributed by atoms with Crippen molar-refractivity contribution in [3.63, 3.8) is 0 Å². The lowest BCUT2D eigenvalue weighted by molar-refractivity contribution is -0.566. The Hall–Kier alpha value is -7.24. The molecule has 0 aliphatic rings. The van der Waals surface area contributed by atoms with Crippen molar-refractivity contribution in [2.24, 2.45) is 0 Å². The smallest absolute Gasteiger partial charge is 0.255 e. The highest BCUT2D eigenvalue weighted by Crippen LogP contribution is 2.39. The van der Waals surface area contributed by atoms with E-state index in [1.165, 1.54) is 44.3 Å². The van der Waals surface area contributed by atoms with Crippen LogP contribution in [0.4, 0.5) is 0 Å². The van der Waals surface area contributed by atoms with Gasteiger partial charge in [0.15, 0.2) is 11.0 Å². The van der Waals surface area contributed by atoms with E-state index in [1.54, 1.807) is 0 Å². The minimum absolute atomic E-state index is 0.0114. The zero-order valence-electron chi connectivity index (χ0n) is 39.0. The summed E-state index contributed by atoms with van der Waals surface area (Å²) in [5.41, 5.74) is 15.1. The molecule has 0 atom stereocenters. The van der Waals surface area contributed by atoms with Gasteiger partial charge in [0.25, 0.3) is 6.33 Å². The fourth-order valence-electron chi connectivity index (χ4n) is 9.16. The molecule has 0 aliphatic carbocycles. The average Bonchev–Trinajstić information content (AvgIpc) is 3.84. The monoisotopic (exact) mass is 849 g/mol. The molecule has 0 amide bonds. The van der Waals surface area contributed by atoms with Crippen LogP contribution in [0.2, 0.25) is 0 Å². The Morgan fingerprint density at radius 3 is 1.68 bits per heavy atom. The summed E-state index contributed by atoms with van der Waals surface area (Å²) in [6, 6.07) is 61.3. The molecular formula is C60H57N4O+. The van der Waals surface area contributed by atoms with E-state index in [4.69, 9.17) is 9.72 Å². The number of benzene rings is 7. The number of hydrogen-bond acceptors (Lipinski definition) is 2. The van der Waals surface area contributed by atoms with Crippen LogP contribution in [0, 0.1) is 0 Å². The van der Waals surface area contributed by atoms with Gasteiger partial charge in [-0.2, -0.15) is 9.13 Å². The molecule has 65 heavy (non-hydrogen) atoms. The van der Waals surface area contributed by atoms with Crippen LogP contribution in [0.1, 0.15) is 79.0 Å². The Kier molecular flexibility index (Phi) is 10.1. The van der Waals surface area contributed by atoms with E-state index in [0.29, 0.717) is 0 Å². The van der Waals surface area contributed by atoms with Crippen LogP contribution in [0.15, 0.2) is 182 Å². The Morgan fingerprint density at radius 2 is 1.03 bits per heavy atom. The number of pyridine rings is 1. The van der Waals surface area contributed by atoms with E-state index in [1.807, 2.05) is 12.3 Å². The molecule has 0 saturated carbocycles. The molecule has 0 unspecified atom stereocenters. The molecule has 7 aromatic carbocycles. The first-order valence-corrected chi connectivity index (χ1v) is 22.8. The molecule has 10 rings (SSSR count).